The molecule has 1 atom stereocenters. The second kappa shape index (κ2) is 6.03. The van der Waals surface area contributed by atoms with E-state index >= 15 is 0 Å². The maximum absolute atomic E-state index is 10.2. The molecule has 1 heterocycles. The molecule has 1 fully saturated rings. The molecule has 0 spiro atoms. The molecule has 94 valence electrons. The molecule has 1 saturated heterocycles. The lowest BCUT2D eigenvalue weighted by Gasteiger charge is -2.19. The van der Waals surface area contributed by atoms with Gasteiger partial charge >= 0.3 is 0 Å². The molecular formula is C14H21NO2. The number of benzene rings is 1. The zero-order valence-corrected chi connectivity index (χ0v) is 10.4. The smallest absolute Gasteiger partial charge is 0.124 e. The molecule has 1 aliphatic heterocycles. The Morgan fingerprint density at radius 2 is 2.00 bits per heavy atom. The Labute approximate surface area is 103 Å². The molecule has 3 nitrogen and oxygen atoms in total. The summed E-state index contributed by atoms with van der Waals surface area (Å²) in [5.74, 6) is 0.779. The van der Waals surface area contributed by atoms with E-state index in [0.717, 1.165) is 24.3 Å². The van der Waals surface area contributed by atoms with Crippen LogP contribution in [0.25, 0.3) is 0 Å². The van der Waals surface area contributed by atoms with Gasteiger partial charge in [0.15, 0.2) is 0 Å². The lowest BCUT2D eigenvalue weighted by molar-refractivity contribution is 0.145. The summed E-state index contributed by atoms with van der Waals surface area (Å²) in [6.45, 7) is 3.33. The molecule has 0 saturated carbocycles. The molecule has 3 heteroatoms. The van der Waals surface area contributed by atoms with Crippen molar-refractivity contribution >= 4 is 0 Å². The fourth-order valence-electron chi connectivity index (χ4n) is 2.41. The summed E-state index contributed by atoms with van der Waals surface area (Å²) in [5.41, 5.74) is 0.897. The minimum Gasteiger partial charge on any atom is -0.496 e. The number of ether oxygens (including phenoxy) is 1. The van der Waals surface area contributed by atoms with Crippen LogP contribution in [0.5, 0.6) is 5.75 Å². The standard InChI is InChI=1S/C14H21NO2/c1-17-14-7-3-2-6-12(14)13(16)8-11-15-9-4-5-10-15/h2-3,6-7,13,16H,4-5,8-11H2,1H3. The zero-order valence-electron chi connectivity index (χ0n) is 10.4. The molecule has 0 amide bonds. The van der Waals surface area contributed by atoms with Gasteiger partial charge in [0, 0.05) is 12.1 Å². The van der Waals surface area contributed by atoms with E-state index in [1.165, 1.54) is 25.9 Å². The fourth-order valence-corrected chi connectivity index (χ4v) is 2.41. The van der Waals surface area contributed by atoms with Crippen LogP contribution in [0.3, 0.4) is 0 Å². The molecule has 2 rings (SSSR count). The summed E-state index contributed by atoms with van der Waals surface area (Å²) in [6, 6.07) is 7.70. The van der Waals surface area contributed by atoms with Crippen molar-refractivity contribution in [1.29, 1.82) is 0 Å². The fraction of sp³-hybridized carbons (Fsp3) is 0.571. The Bertz CT molecular complexity index is 348. The molecular weight excluding hydrogens is 214 g/mol. The number of hydrogen-bond donors (Lipinski definition) is 1. The van der Waals surface area contributed by atoms with Crippen LogP contribution in [0.15, 0.2) is 24.3 Å². The predicted molar refractivity (Wildman–Crippen MR) is 68.2 cm³/mol. The molecule has 1 aliphatic rings. The van der Waals surface area contributed by atoms with Crippen LogP contribution < -0.4 is 4.74 Å². The van der Waals surface area contributed by atoms with Crippen LogP contribution in [0.2, 0.25) is 0 Å². The number of nitrogens with zero attached hydrogens (tertiary/aromatic N) is 1. The van der Waals surface area contributed by atoms with Crippen LogP contribution in [-0.2, 0) is 0 Å². The topological polar surface area (TPSA) is 32.7 Å². The van der Waals surface area contributed by atoms with E-state index in [9.17, 15) is 5.11 Å². The number of aliphatic hydroxyl groups excluding tert-OH is 1. The van der Waals surface area contributed by atoms with Crippen molar-refractivity contribution in [3.8, 4) is 5.75 Å². The van der Waals surface area contributed by atoms with E-state index in [1.807, 2.05) is 24.3 Å². The van der Waals surface area contributed by atoms with Gasteiger partial charge in [-0.25, -0.2) is 0 Å². The van der Waals surface area contributed by atoms with Gasteiger partial charge in [-0.2, -0.15) is 0 Å². The maximum Gasteiger partial charge on any atom is 0.124 e. The largest absolute Gasteiger partial charge is 0.496 e. The lowest BCUT2D eigenvalue weighted by Crippen LogP contribution is -2.22. The molecule has 1 aromatic rings. The third-order valence-electron chi connectivity index (χ3n) is 3.42. The predicted octanol–water partition coefficient (Wildman–Crippen LogP) is 2.21. The van der Waals surface area contributed by atoms with E-state index in [1.54, 1.807) is 7.11 Å². The quantitative estimate of drug-likeness (QED) is 0.849. The minimum absolute atomic E-state index is 0.424. The number of likely N-dealkylation sites (tertiary alicyclic amines) is 1. The Morgan fingerprint density at radius 3 is 2.71 bits per heavy atom. The minimum atomic E-state index is -0.424. The first-order chi connectivity index (χ1) is 8.31. The number of aliphatic hydroxyl groups is 1. The highest BCUT2D eigenvalue weighted by molar-refractivity contribution is 5.34. The summed E-state index contributed by atoms with van der Waals surface area (Å²) in [4.78, 5) is 2.42. The van der Waals surface area contributed by atoms with Gasteiger partial charge in [-0.1, -0.05) is 18.2 Å². The highest BCUT2D eigenvalue weighted by atomic mass is 16.5. The van der Waals surface area contributed by atoms with Crippen LogP contribution in [0.4, 0.5) is 0 Å². The van der Waals surface area contributed by atoms with E-state index in [0.29, 0.717) is 0 Å². The second-order valence-corrected chi connectivity index (χ2v) is 4.60. The number of methoxy groups -OCH3 is 1. The Balaban J connectivity index is 1.91. The summed E-state index contributed by atoms with van der Waals surface area (Å²) in [5, 5.41) is 10.2. The summed E-state index contributed by atoms with van der Waals surface area (Å²) in [6.07, 6.45) is 2.95. The van der Waals surface area contributed by atoms with Crippen LogP contribution in [0, 0.1) is 0 Å². The number of hydrogen-bond acceptors (Lipinski definition) is 3. The van der Waals surface area contributed by atoms with Gasteiger partial charge < -0.3 is 14.7 Å². The first kappa shape index (κ1) is 12.4. The van der Waals surface area contributed by atoms with Gasteiger partial charge in [-0.15, -0.1) is 0 Å². The molecule has 0 aliphatic carbocycles. The molecule has 0 radical (unpaired) electrons. The summed E-state index contributed by atoms with van der Waals surface area (Å²) in [7, 11) is 1.64. The maximum atomic E-state index is 10.2. The molecule has 1 aromatic carbocycles. The van der Waals surface area contributed by atoms with Crippen LogP contribution in [0.1, 0.15) is 30.9 Å². The van der Waals surface area contributed by atoms with Crippen molar-refractivity contribution in [3.05, 3.63) is 29.8 Å². The average molecular weight is 235 g/mol. The third-order valence-corrected chi connectivity index (χ3v) is 3.42. The Morgan fingerprint density at radius 1 is 1.29 bits per heavy atom. The van der Waals surface area contributed by atoms with E-state index in [4.69, 9.17) is 4.74 Å². The highest BCUT2D eigenvalue weighted by Gasteiger charge is 2.16. The normalized spacial score (nSPS) is 18.2. The van der Waals surface area contributed by atoms with Gasteiger partial charge in [0.25, 0.3) is 0 Å². The summed E-state index contributed by atoms with van der Waals surface area (Å²) < 4.78 is 5.26. The molecule has 0 aromatic heterocycles. The van der Waals surface area contributed by atoms with E-state index in [-0.39, 0.29) is 0 Å². The van der Waals surface area contributed by atoms with Crippen molar-refractivity contribution < 1.29 is 9.84 Å². The second-order valence-electron chi connectivity index (χ2n) is 4.60. The van der Waals surface area contributed by atoms with Crippen molar-refractivity contribution in [1.82, 2.24) is 4.90 Å². The van der Waals surface area contributed by atoms with Crippen molar-refractivity contribution in [2.24, 2.45) is 0 Å². The summed E-state index contributed by atoms with van der Waals surface area (Å²) >= 11 is 0. The number of rotatable bonds is 5. The van der Waals surface area contributed by atoms with Gasteiger partial charge in [0.05, 0.1) is 13.2 Å². The Kier molecular flexibility index (Phi) is 4.40. The SMILES string of the molecule is COc1ccccc1C(O)CCN1CCCC1. The zero-order chi connectivity index (χ0) is 12.1. The van der Waals surface area contributed by atoms with Gasteiger partial charge in [0.1, 0.15) is 5.75 Å². The van der Waals surface area contributed by atoms with Crippen LogP contribution >= 0.6 is 0 Å². The lowest BCUT2D eigenvalue weighted by atomic mass is 10.1. The molecule has 1 N–H and O–H groups in total. The molecule has 0 bridgehead atoms. The van der Waals surface area contributed by atoms with Crippen molar-refractivity contribution in [3.63, 3.8) is 0 Å². The highest BCUT2D eigenvalue weighted by Crippen LogP contribution is 2.27. The van der Waals surface area contributed by atoms with E-state index in [2.05, 4.69) is 4.90 Å². The van der Waals surface area contributed by atoms with E-state index < -0.39 is 6.10 Å². The van der Waals surface area contributed by atoms with Gasteiger partial charge in [-0.05, 0) is 38.4 Å². The Hall–Kier alpha value is -1.06. The molecule has 1 unspecified atom stereocenters. The monoisotopic (exact) mass is 235 g/mol. The van der Waals surface area contributed by atoms with Gasteiger partial charge in [-0.3, -0.25) is 0 Å². The van der Waals surface area contributed by atoms with Crippen molar-refractivity contribution in [2.45, 2.75) is 25.4 Å². The van der Waals surface area contributed by atoms with Gasteiger partial charge in [0.2, 0.25) is 0 Å². The van der Waals surface area contributed by atoms with Crippen LogP contribution in [-0.4, -0.2) is 36.8 Å². The first-order valence-electron chi connectivity index (χ1n) is 6.34. The molecule has 17 heavy (non-hydrogen) atoms. The number of para-hydroxylation sites is 1. The van der Waals surface area contributed by atoms with Crippen molar-refractivity contribution in [2.75, 3.05) is 26.7 Å². The average Bonchev–Trinajstić information content (AvgIpc) is 2.89. The first-order valence-corrected chi connectivity index (χ1v) is 6.34. The third kappa shape index (κ3) is 3.20.